The van der Waals surface area contributed by atoms with Crippen molar-refractivity contribution in [1.82, 2.24) is 5.32 Å². The lowest BCUT2D eigenvalue weighted by Crippen LogP contribution is -2.28. The number of halogens is 2. The molecule has 1 unspecified atom stereocenters. The first-order chi connectivity index (χ1) is 8.70. The quantitative estimate of drug-likeness (QED) is 0.905. The lowest BCUT2D eigenvalue weighted by atomic mass is 10.1. The van der Waals surface area contributed by atoms with Crippen LogP contribution < -0.4 is 5.32 Å². The van der Waals surface area contributed by atoms with Crippen molar-refractivity contribution in [3.63, 3.8) is 0 Å². The fourth-order valence-corrected chi connectivity index (χ4v) is 2.55. The van der Waals surface area contributed by atoms with E-state index < -0.39 is 9.84 Å². The predicted octanol–water partition coefficient (Wildman–Crippen LogP) is 2.61. The maximum Gasteiger partial charge on any atom is 0.221 e. The predicted molar refractivity (Wildman–Crippen MR) is 77.3 cm³/mol. The summed E-state index contributed by atoms with van der Waals surface area (Å²) >= 11 is 11.9. The number of amides is 1. The second-order valence-corrected chi connectivity index (χ2v) is 7.36. The Morgan fingerprint density at radius 1 is 1.37 bits per heavy atom. The van der Waals surface area contributed by atoms with E-state index in [4.69, 9.17) is 23.2 Å². The number of rotatable bonds is 5. The lowest BCUT2D eigenvalue weighted by Gasteiger charge is -2.16. The monoisotopic (exact) mass is 323 g/mol. The van der Waals surface area contributed by atoms with Crippen LogP contribution in [0.3, 0.4) is 0 Å². The molecule has 1 N–H and O–H groups in total. The van der Waals surface area contributed by atoms with Crippen LogP contribution in [0.15, 0.2) is 18.2 Å². The van der Waals surface area contributed by atoms with E-state index in [-0.39, 0.29) is 24.1 Å². The minimum atomic E-state index is -3.14. The Balaban J connectivity index is 2.67. The summed E-state index contributed by atoms with van der Waals surface area (Å²) in [5, 5.41) is 3.49. The number of hydrogen-bond acceptors (Lipinski definition) is 3. The smallest absolute Gasteiger partial charge is 0.221 e. The molecule has 4 nitrogen and oxygen atoms in total. The van der Waals surface area contributed by atoms with Crippen molar-refractivity contribution in [2.24, 2.45) is 0 Å². The molecule has 1 aromatic rings. The van der Waals surface area contributed by atoms with Crippen LogP contribution in [-0.2, 0) is 14.6 Å². The highest BCUT2D eigenvalue weighted by Gasteiger charge is 2.15. The van der Waals surface area contributed by atoms with E-state index in [0.717, 1.165) is 6.26 Å². The Morgan fingerprint density at radius 3 is 2.58 bits per heavy atom. The van der Waals surface area contributed by atoms with Crippen molar-refractivity contribution in [1.29, 1.82) is 0 Å². The van der Waals surface area contributed by atoms with E-state index in [1.807, 2.05) is 0 Å². The highest BCUT2D eigenvalue weighted by molar-refractivity contribution is 7.90. The molecule has 0 bridgehead atoms. The molecule has 0 aliphatic heterocycles. The molecule has 1 atom stereocenters. The molecule has 0 aromatic heterocycles. The van der Waals surface area contributed by atoms with E-state index in [0.29, 0.717) is 15.6 Å². The fraction of sp³-hybridized carbons (Fsp3) is 0.417. The maximum atomic E-state index is 11.6. The molecule has 0 aliphatic carbocycles. The first-order valence-electron chi connectivity index (χ1n) is 5.61. The average Bonchev–Trinajstić information content (AvgIpc) is 2.29. The number of sulfone groups is 1. The van der Waals surface area contributed by atoms with Crippen LogP contribution in [0.1, 0.15) is 24.9 Å². The zero-order chi connectivity index (χ0) is 14.6. The van der Waals surface area contributed by atoms with E-state index in [1.165, 1.54) is 0 Å². The second-order valence-electron chi connectivity index (χ2n) is 4.31. The van der Waals surface area contributed by atoms with Gasteiger partial charge in [-0.1, -0.05) is 35.3 Å². The topological polar surface area (TPSA) is 63.2 Å². The third-order valence-electron chi connectivity index (χ3n) is 2.53. The van der Waals surface area contributed by atoms with Gasteiger partial charge in [0.05, 0.1) is 21.8 Å². The Hall–Kier alpha value is -0.780. The van der Waals surface area contributed by atoms with Crippen LogP contribution >= 0.6 is 23.2 Å². The molecule has 1 amide bonds. The average molecular weight is 324 g/mol. The number of nitrogens with one attached hydrogen (secondary N) is 1. The Kier molecular flexibility index (Phi) is 5.64. The summed E-state index contributed by atoms with van der Waals surface area (Å²) in [4.78, 5) is 11.6. The van der Waals surface area contributed by atoms with Crippen LogP contribution in [0.5, 0.6) is 0 Å². The van der Waals surface area contributed by atoms with Gasteiger partial charge in [-0.15, -0.1) is 0 Å². The van der Waals surface area contributed by atoms with Crippen molar-refractivity contribution in [2.75, 3.05) is 12.0 Å². The molecule has 0 saturated carbocycles. The molecule has 0 fully saturated rings. The van der Waals surface area contributed by atoms with E-state index in [2.05, 4.69) is 5.32 Å². The first-order valence-corrected chi connectivity index (χ1v) is 8.43. The van der Waals surface area contributed by atoms with Crippen molar-refractivity contribution >= 4 is 38.9 Å². The molecule has 0 saturated heterocycles. The van der Waals surface area contributed by atoms with Crippen molar-refractivity contribution < 1.29 is 13.2 Å². The standard InChI is InChI=1S/C12H15Cl2NO3S/c1-8(9-4-3-5-10(13)12(9)14)15-11(16)6-7-19(2,17)18/h3-5,8H,6-7H2,1-2H3,(H,15,16). The highest BCUT2D eigenvalue weighted by Crippen LogP contribution is 2.29. The summed E-state index contributed by atoms with van der Waals surface area (Å²) in [7, 11) is -3.14. The van der Waals surface area contributed by atoms with Crippen LogP contribution in [0, 0.1) is 0 Å². The number of hydrogen-bond donors (Lipinski definition) is 1. The minimum Gasteiger partial charge on any atom is -0.349 e. The normalized spacial score (nSPS) is 13.1. The van der Waals surface area contributed by atoms with Crippen LogP contribution in [0.2, 0.25) is 10.0 Å². The molecule has 7 heteroatoms. The Bertz CT molecular complexity index is 572. The third kappa shape index (κ3) is 5.38. The molecule has 19 heavy (non-hydrogen) atoms. The molecule has 0 aliphatic rings. The van der Waals surface area contributed by atoms with Crippen molar-refractivity contribution in [3.05, 3.63) is 33.8 Å². The maximum absolute atomic E-state index is 11.6. The minimum absolute atomic E-state index is 0.0681. The zero-order valence-electron chi connectivity index (χ0n) is 10.6. The molecule has 106 valence electrons. The van der Waals surface area contributed by atoms with Gasteiger partial charge in [-0.25, -0.2) is 8.42 Å². The molecule has 0 radical (unpaired) electrons. The number of carbonyl (C=O) groups is 1. The van der Waals surface area contributed by atoms with Gasteiger partial charge in [-0.2, -0.15) is 0 Å². The van der Waals surface area contributed by atoms with Crippen molar-refractivity contribution in [2.45, 2.75) is 19.4 Å². The van der Waals surface area contributed by atoms with Gasteiger partial charge in [0.25, 0.3) is 0 Å². The number of benzene rings is 1. The Labute approximate surface area is 123 Å². The summed E-state index contributed by atoms with van der Waals surface area (Å²) in [6.45, 7) is 1.76. The highest BCUT2D eigenvalue weighted by atomic mass is 35.5. The summed E-state index contributed by atoms with van der Waals surface area (Å²) in [6.07, 6.45) is 1.03. The van der Waals surface area contributed by atoms with Gasteiger partial charge in [0, 0.05) is 12.7 Å². The summed E-state index contributed by atoms with van der Waals surface area (Å²) < 4.78 is 21.9. The summed E-state index contributed by atoms with van der Waals surface area (Å²) in [6, 6.07) is 4.82. The molecule has 1 rings (SSSR count). The lowest BCUT2D eigenvalue weighted by molar-refractivity contribution is -0.121. The van der Waals surface area contributed by atoms with Gasteiger partial charge < -0.3 is 5.32 Å². The van der Waals surface area contributed by atoms with Gasteiger partial charge >= 0.3 is 0 Å². The van der Waals surface area contributed by atoms with Crippen molar-refractivity contribution in [3.8, 4) is 0 Å². The van der Waals surface area contributed by atoms with Gasteiger partial charge in [-0.05, 0) is 18.6 Å². The van der Waals surface area contributed by atoms with Crippen LogP contribution in [-0.4, -0.2) is 26.3 Å². The largest absolute Gasteiger partial charge is 0.349 e. The zero-order valence-corrected chi connectivity index (χ0v) is 12.9. The van der Waals surface area contributed by atoms with Gasteiger partial charge in [-0.3, -0.25) is 4.79 Å². The number of carbonyl (C=O) groups excluding carboxylic acids is 1. The van der Waals surface area contributed by atoms with Gasteiger partial charge in [0.1, 0.15) is 9.84 Å². The van der Waals surface area contributed by atoms with E-state index in [1.54, 1.807) is 25.1 Å². The van der Waals surface area contributed by atoms with Crippen LogP contribution in [0.25, 0.3) is 0 Å². The van der Waals surface area contributed by atoms with Gasteiger partial charge in [0.2, 0.25) is 5.91 Å². The SMILES string of the molecule is CC(NC(=O)CCS(C)(=O)=O)c1cccc(Cl)c1Cl. The molecular formula is C12H15Cl2NO3S. The van der Waals surface area contributed by atoms with E-state index >= 15 is 0 Å². The van der Waals surface area contributed by atoms with Crippen LogP contribution in [0.4, 0.5) is 0 Å². The fourth-order valence-electron chi connectivity index (χ4n) is 1.52. The molecule has 0 spiro atoms. The molecular weight excluding hydrogens is 309 g/mol. The Morgan fingerprint density at radius 2 is 2.00 bits per heavy atom. The summed E-state index contributed by atoms with van der Waals surface area (Å²) in [5.41, 5.74) is 0.696. The van der Waals surface area contributed by atoms with E-state index in [9.17, 15) is 13.2 Å². The van der Waals surface area contributed by atoms with Gasteiger partial charge in [0.15, 0.2) is 0 Å². The first kappa shape index (κ1) is 16.3. The molecule has 0 heterocycles. The third-order valence-corrected chi connectivity index (χ3v) is 4.30. The summed E-state index contributed by atoms with van der Waals surface area (Å²) in [5.74, 6) is -0.511. The second kappa shape index (κ2) is 6.59. The molecule has 1 aromatic carbocycles.